The van der Waals surface area contributed by atoms with E-state index in [1.165, 1.54) is 0 Å². The molecule has 26 heavy (non-hydrogen) atoms. The van der Waals surface area contributed by atoms with E-state index in [-0.39, 0.29) is 12.5 Å². The highest BCUT2D eigenvalue weighted by Crippen LogP contribution is 2.28. The zero-order valence-corrected chi connectivity index (χ0v) is 17.3. The average Bonchev–Trinajstić information content (AvgIpc) is 3.13. The minimum absolute atomic E-state index is 0.0746. The van der Waals surface area contributed by atoms with Crippen molar-refractivity contribution in [2.45, 2.75) is 13.5 Å². The lowest BCUT2D eigenvalue weighted by molar-refractivity contribution is -0.120. The third-order valence-electron chi connectivity index (χ3n) is 3.79. The van der Waals surface area contributed by atoms with Gasteiger partial charge >= 0.3 is 0 Å². The van der Waals surface area contributed by atoms with E-state index in [1.807, 2.05) is 61.5 Å². The Hall–Kier alpha value is -2.05. The fraction of sp³-hybridized carbons (Fsp3) is 0.150. The molecule has 0 aliphatic heterocycles. The summed E-state index contributed by atoms with van der Waals surface area (Å²) >= 11 is 6.84. The van der Waals surface area contributed by atoms with Crippen molar-refractivity contribution in [2.75, 3.05) is 11.5 Å². The zero-order chi connectivity index (χ0) is 18.5. The number of carbonyl (C=O) groups excluding carboxylic acids is 1. The van der Waals surface area contributed by atoms with Crippen molar-refractivity contribution in [3.05, 3.63) is 81.1 Å². The number of hydrogen-bond donors (Lipinski definition) is 0. The zero-order valence-electron chi connectivity index (χ0n) is 14.1. The minimum Gasteiger partial charge on any atom is -0.483 e. The van der Waals surface area contributed by atoms with Gasteiger partial charge in [0.1, 0.15) is 11.5 Å². The summed E-state index contributed by atoms with van der Waals surface area (Å²) in [5, 5.41) is 0. The molecule has 0 bridgehead atoms. The van der Waals surface area contributed by atoms with E-state index in [0.29, 0.717) is 18.1 Å². The maximum absolute atomic E-state index is 12.8. The number of rotatable bonds is 6. The lowest BCUT2D eigenvalue weighted by Gasteiger charge is -2.22. The number of aryl methyl sites for hydroxylation is 1. The van der Waals surface area contributed by atoms with Crippen molar-refractivity contribution in [3.63, 3.8) is 0 Å². The standard InChI is InChI=1S/C20H17Br2NO3/c1-14-4-7-16(8-5-14)23(12-17-3-2-10-25-17)20(24)13-26-19-9-6-15(21)11-18(19)22/h2-11H,12-13H2,1H3. The molecule has 0 unspecified atom stereocenters. The molecule has 2 aromatic carbocycles. The second-order valence-electron chi connectivity index (χ2n) is 5.76. The van der Waals surface area contributed by atoms with Crippen molar-refractivity contribution >= 4 is 43.5 Å². The van der Waals surface area contributed by atoms with Gasteiger partial charge in [0.25, 0.3) is 5.91 Å². The van der Waals surface area contributed by atoms with Crippen LogP contribution in [0, 0.1) is 6.92 Å². The van der Waals surface area contributed by atoms with Crippen LogP contribution in [0.2, 0.25) is 0 Å². The number of anilines is 1. The van der Waals surface area contributed by atoms with E-state index in [4.69, 9.17) is 9.15 Å². The van der Waals surface area contributed by atoms with Crippen molar-refractivity contribution in [1.82, 2.24) is 0 Å². The second-order valence-corrected chi connectivity index (χ2v) is 7.53. The van der Waals surface area contributed by atoms with E-state index in [9.17, 15) is 4.79 Å². The first-order valence-electron chi connectivity index (χ1n) is 8.00. The van der Waals surface area contributed by atoms with Crippen LogP contribution in [-0.2, 0) is 11.3 Å². The van der Waals surface area contributed by atoms with Gasteiger partial charge in [0.05, 0.1) is 17.3 Å². The number of halogens is 2. The van der Waals surface area contributed by atoms with E-state index in [0.717, 1.165) is 20.2 Å². The molecule has 3 rings (SSSR count). The topological polar surface area (TPSA) is 42.7 Å². The summed E-state index contributed by atoms with van der Waals surface area (Å²) < 4.78 is 12.8. The molecule has 0 radical (unpaired) electrons. The highest BCUT2D eigenvalue weighted by atomic mass is 79.9. The van der Waals surface area contributed by atoms with Gasteiger partial charge in [-0.25, -0.2) is 0 Å². The fourth-order valence-corrected chi connectivity index (χ4v) is 3.58. The smallest absolute Gasteiger partial charge is 0.265 e. The number of amides is 1. The Morgan fingerprint density at radius 3 is 2.54 bits per heavy atom. The molecule has 1 aromatic heterocycles. The molecule has 1 amide bonds. The van der Waals surface area contributed by atoms with Crippen LogP contribution in [0.3, 0.4) is 0 Å². The minimum atomic E-state index is -0.153. The lowest BCUT2D eigenvalue weighted by Crippen LogP contribution is -2.34. The Balaban J connectivity index is 1.76. The van der Waals surface area contributed by atoms with Crippen molar-refractivity contribution in [3.8, 4) is 5.75 Å². The van der Waals surface area contributed by atoms with Crippen LogP contribution >= 0.6 is 31.9 Å². The second kappa shape index (κ2) is 8.56. The molecule has 4 nitrogen and oxygen atoms in total. The van der Waals surface area contributed by atoms with Crippen molar-refractivity contribution in [2.24, 2.45) is 0 Å². The number of carbonyl (C=O) groups is 1. The third-order valence-corrected chi connectivity index (χ3v) is 4.90. The molecule has 6 heteroatoms. The molecular formula is C20H17Br2NO3. The Kier molecular flexibility index (Phi) is 6.16. The Bertz CT molecular complexity index is 877. The van der Waals surface area contributed by atoms with Crippen molar-refractivity contribution < 1.29 is 13.9 Å². The van der Waals surface area contributed by atoms with Crippen LogP contribution in [0.4, 0.5) is 5.69 Å². The predicted molar refractivity (Wildman–Crippen MR) is 108 cm³/mol. The van der Waals surface area contributed by atoms with E-state index in [2.05, 4.69) is 31.9 Å². The van der Waals surface area contributed by atoms with Gasteiger partial charge in [-0.05, 0) is 65.3 Å². The van der Waals surface area contributed by atoms with Crippen molar-refractivity contribution in [1.29, 1.82) is 0 Å². The summed E-state index contributed by atoms with van der Waals surface area (Å²) in [6.45, 7) is 2.28. The lowest BCUT2D eigenvalue weighted by atomic mass is 10.2. The van der Waals surface area contributed by atoms with E-state index in [1.54, 1.807) is 11.2 Å². The molecule has 0 saturated carbocycles. The molecule has 134 valence electrons. The van der Waals surface area contributed by atoms with E-state index >= 15 is 0 Å². The fourth-order valence-electron chi connectivity index (χ4n) is 2.42. The van der Waals surface area contributed by atoms with Gasteiger partial charge in [0, 0.05) is 10.2 Å². The van der Waals surface area contributed by atoms with Crippen LogP contribution in [0.1, 0.15) is 11.3 Å². The Morgan fingerprint density at radius 1 is 1.12 bits per heavy atom. The number of hydrogen-bond acceptors (Lipinski definition) is 3. The van der Waals surface area contributed by atoms with Gasteiger partial charge in [-0.2, -0.15) is 0 Å². The summed E-state index contributed by atoms with van der Waals surface area (Å²) in [7, 11) is 0. The summed E-state index contributed by atoms with van der Waals surface area (Å²) in [5.74, 6) is 1.17. The average molecular weight is 479 g/mol. The summed E-state index contributed by atoms with van der Waals surface area (Å²) in [6, 6.07) is 17.0. The van der Waals surface area contributed by atoms with Crippen LogP contribution in [0.5, 0.6) is 5.75 Å². The Labute approximate surface area is 169 Å². The molecule has 0 saturated heterocycles. The third kappa shape index (κ3) is 4.77. The molecule has 0 spiro atoms. The summed E-state index contributed by atoms with van der Waals surface area (Å²) in [4.78, 5) is 14.5. The highest BCUT2D eigenvalue weighted by Gasteiger charge is 2.18. The largest absolute Gasteiger partial charge is 0.483 e. The molecule has 0 fully saturated rings. The number of furan rings is 1. The molecule has 0 N–H and O–H groups in total. The maximum Gasteiger partial charge on any atom is 0.265 e. The van der Waals surface area contributed by atoms with Gasteiger partial charge in [0.15, 0.2) is 6.61 Å². The first-order valence-corrected chi connectivity index (χ1v) is 9.59. The SMILES string of the molecule is Cc1ccc(N(Cc2ccco2)C(=O)COc2ccc(Br)cc2Br)cc1. The quantitative estimate of drug-likeness (QED) is 0.454. The van der Waals surface area contributed by atoms with Gasteiger partial charge in [-0.1, -0.05) is 33.6 Å². The Morgan fingerprint density at radius 2 is 1.88 bits per heavy atom. The van der Waals surface area contributed by atoms with Crippen LogP contribution in [0.15, 0.2) is 74.2 Å². The summed E-state index contributed by atoms with van der Waals surface area (Å²) in [5.41, 5.74) is 1.93. The highest BCUT2D eigenvalue weighted by molar-refractivity contribution is 9.11. The van der Waals surface area contributed by atoms with Crippen LogP contribution < -0.4 is 9.64 Å². The summed E-state index contributed by atoms with van der Waals surface area (Å²) in [6.07, 6.45) is 1.60. The van der Waals surface area contributed by atoms with Crippen LogP contribution in [-0.4, -0.2) is 12.5 Å². The van der Waals surface area contributed by atoms with Gasteiger partial charge < -0.3 is 14.1 Å². The van der Waals surface area contributed by atoms with Gasteiger partial charge in [0.2, 0.25) is 0 Å². The van der Waals surface area contributed by atoms with E-state index < -0.39 is 0 Å². The van der Waals surface area contributed by atoms with Crippen LogP contribution in [0.25, 0.3) is 0 Å². The molecule has 0 aliphatic rings. The number of benzene rings is 2. The van der Waals surface area contributed by atoms with Gasteiger partial charge in [-0.15, -0.1) is 0 Å². The number of nitrogens with zero attached hydrogens (tertiary/aromatic N) is 1. The molecule has 1 heterocycles. The number of ether oxygens (including phenoxy) is 1. The molecule has 3 aromatic rings. The normalized spacial score (nSPS) is 10.6. The molecule has 0 aliphatic carbocycles. The van der Waals surface area contributed by atoms with Gasteiger partial charge in [-0.3, -0.25) is 4.79 Å². The molecular weight excluding hydrogens is 462 g/mol. The molecule has 0 atom stereocenters. The first-order chi connectivity index (χ1) is 12.5. The first kappa shape index (κ1) is 18.7. The predicted octanol–water partition coefficient (Wildman–Crippen LogP) is 5.73. The maximum atomic E-state index is 12.8. The monoisotopic (exact) mass is 477 g/mol.